The van der Waals surface area contributed by atoms with Crippen molar-refractivity contribution in [3.05, 3.63) is 40.9 Å². The Balaban J connectivity index is 1.94. The molecule has 0 radical (unpaired) electrons. The van der Waals surface area contributed by atoms with Crippen LogP contribution in [-0.2, 0) is 13.5 Å². The second kappa shape index (κ2) is 6.26. The van der Waals surface area contributed by atoms with Crippen molar-refractivity contribution in [1.82, 2.24) is 14.9 Å². The van der Waals surface area contributed by atoms with Gasteiger partial charge in [0.2, 0.25) is 0 Å². The Morgan fingerprint density at radius 1 is 1.38 bits per heavy atom. The zero-order valence-electron chi connectivity index (χ0n) is 14.5. The molecule has 1 N–H and O–H groups in total. The zero-order chi connectivity index (χ0) is 17.4. The third-order valence-electron chi connectivity index (χ3n) is 4.56. The summed E-state index contributed by atoms with van der Waals surface area (Å²) < 4.78 is 7.58. The second-order valence-corrected chi connectivity index (χ2v) is 6.70. The molecule has 1 amide bonds. The van der Waals surface area contributed by atoms with Gasteiger partial charge < -0.3 is 14.3 Å². The lowest BCUT2D eigenvalue weighted by atomic mass is 9.92. The summed E-state index contributed by atoms with van der Waals surface area (Å²) in [7, 11) is 1.90. The van der Waals surface area contributed by atoms with E-state index in [1.54, 1.807) is 13.1 Å². The van der Waals surface area contributed by atoms with E-state index in [4.69, 9.17) is 4.42 Å². The molecule has 1 aliphatic carbocycles. The second-order valence-electron chi connectivity index (χ2n) is 6.70. The molecule has 0 bridgehead atoms. The number of nitrogens with one attached hydrogen (secondary N) is 1. The summed E-state index contributed by atoms with van der Waals surface area (Å²) in [6.07, 6.45) is 5.53. The standard InChI is InChI=1S/C18H23N3O3/c1-10(2)16(17-19-8-9-21(17)4)20-18(23)14-11(3)24-13-7-5-6-12(22)15(13)14/h8-10,16H,5-7H2,1-4H3,(H,20,23)/t16-/m1/s1. The number of imidazole rings is 1. The summed E-state index contributed by atoms with van der Waals surface area (Å²) in [6, 6.07) is -0.235. The molecule has 0 aliphatic heterocycles. The van der Waals surface area contributed by atoms with Crippen molar-refractivity contribution < 1.29 is 14.0 Å². The van der Waals surface area contributed by atoms with Gasteiger partial charge in [0.05, 0.1) is 17.2 Å². The van der Waals surface area contributed by atoms with Crippen LogP contribution in [0.3, 0.4) is 0 Å². The maximum atomic E-state index is 12.9. The molecule has 0 unspecified atom stereocenters. The molecular formula is C18H23N3O3. The highest BCUT2D eigenvalue weighted by atomic mass is 16.3. The minimum Gasteiger partial charge on any atom is -0.465 e. The van der Waals surface area contributed by atoms with Crippen LogP contribution < -0.4 is 5.32 Å². The third-order valence-corrected chi connectivity index (χ3v) is 4.56. The molecule has 1 atom stereocenters. The first kappa shape index (κ1) is 16.5. The largest absolute Gasteiger partial charge is 0.465 e. The van der Waals surface area contributed by atoms with Gasteiger partial charge in [0.15, 0.2) is 5.78 Å². The summed E-state index contributed by atoms with van der Waals surface area (Å²) >= 11 is 0. The molecule has 24 heavy (non-hydrogen) atoms. The summed E-state index contributed by atoms with van der Waals surface area (Å²) in [4.78, 5) is 29.5. The molecular weight excluding hydrogens is 306 g/mol. The number of aryl methyl sites for hydroxylation is 3. The first-order valence-electron chi connectivity index (χ1n) is 8.33. The number of amides is 1. The molecule has 0 saturated heterocycles. The van der Waals surface area contributed by atoms with E-state index in [1.165, 1.54) is 0 Å². The molecule has 3 rings (SSSR count). The van der Waals surface area contributed by atoms with E-state index < -0.39 is 0 Å². The number of Topliss-reactive ketones (excluding diaryl/α,β-unsaturated/α-hetero) is 1. The summed E-state index contributed by atoms with van der Waals surface area (Å²) in [5.41, 5.74) is 0.855. The number of aromatic nitrogens is 2. The SMILES string of the molecule is Cc1oc2c(c1C(=O)N[C@@H](c1nccn1C)C(C)C)C(=O)CCC2. The quantitative estimate of drug-likeness (QED) is 0.935. The van der Waals surface area contributed by atoms with Crippen LogP contribution in [0.5, 0.6) is 0 Å². The van der Waals surface area contributed by atoms with Gasteiger partial charge in [-0.1, -0.05) is 13.8 Å². The van der Waals surface area contributed by atoms with E-state index in [2.05, 4.69) is 10.3 Å². The van der Waals surface area contributed by atoms with Crippen molar-refractivity contribution in [1.29, 1.82) is 0 Å². The van der Waals surface area contributed by atoms with Gasteiger partial charge in [-0.3, -0.25) is 9.59 Å². The van der Waals surface area contributed by atoms with E-state index in [9.17, 15) is 9.59 Å². The van der Waals surface area contributed by atoms with E-state index in [0.29, 0.717) is 35.5 Å². The van der Waals surface area contributed by atoms with Crippen LogP contribution in [0.2, 0.25) is 0 Å². The lowest BCUT2D eigenvalue weighted by molar-refractivity contribution is 0.0904. The molecule has 0 spiro atoms. The highest BCUT2D eigenvalue weighted by Gasteiger charge is 2.32. The van der Waals surface area contributed by atoms with Crippen LogP contribution in [0.4, 0.5) is 0 Å². The van der Waals surface area contributed by atoms with E-state index in [0.717, 1.165) is 12.2 Å². The lowest BCUT2D eigenvalue weighted by Crippen LogP contribution is -2.34. The van der Waals surface area contributed by atoms with Gasteiger partial charge in [0.1, 0.15) is 17.3 Å². The van der Waals surface area contributed by atoms with Crippen LogP contribution in [0.25, 0.3) is 0 Å². The highest BCUT2D eigenvalue weighted by Crippen LogP contribution is 2.30. The number of hydrogen-bond acceptors (Lipinski definition) is 4. The first-order chi connectivity index (χ1) is 11.4. The minimum absolute atomic E-state index is 0.00339. The molecule has 0 aromatic carbocycles. The van der Waals surface area contributed by atoms with Gasteiger partial charge in [-0.05, 0) is 19.3 Å². The number of carbonyl (C=O) groups is 2. The summed E-state index contributed by atoms with van der Waals surface area (Å²) in [5.74, 6) is 1.83. The minimum atomic E-state index is -0.269. The number of furan rings is 1. The normalized spacial score (nSPS) is 15.5. The molecule has 6 heteroatoms. The number of fused-ring (bicyclic) bond motifs is 1. The maximum Gasteiger partial charge on any atom is 0.256 e. The summed E-state index contributed by atoms with van der Waals surface area (Å²) in [5, 5.41) is 3.04. The Kier molecular flexibility index (Phi) is 4.30. The maximum absolute atomic E-state index is 12.9. The van der Waals surface area contributed by atoms with Gasteiger partial charge in [-0.2, -0.15) is 0 Å². The van der Waals surface area contributed by atoms with Crippen LogP contribution in [0.15, 0.2) is 16.8 Å². The van der Waals surface area contributed by atoms with Crippen LogP contribution in [0, 0.1) is 12.8 Å². The van der Waals surface area contributed by atoms with Crippen LogP contribution in [0.1, 0.15) is 70.8 Å². The van der Waals surface area contributed by atoms with Gasteiger partial charge >= 0.3 is 0 Å². The predicted molar refractivity (Wildman–Crippen MR) is 89.0 cm³/mol. The Bertz CT molecular complexity index is 786. The van der Waals surface area contributed by atoms with Crippen LogP contribution >= 0.6 is 0 Å². The Morgan fingerprint density at radius 3 is 2.75 bits per heavy atom. The van der Waals surface area contributed by atoms with E-state index in [1.807, 2.05) is 31.7 Å². The van der Waals surface area contributed by atoms with Crippen molar-refractivity contribution >= 4 is 11.7 Å². The highest BCUT2D eigenvalue weighted by molar-refractivity contribution is 6.10. The van der Waals surface area contributed by atoms with Crippen molar-refractivity contribution in [3.8, 4) is 0 Å². The van der Waals surface area contributed by atoms with E-state index in [-0.39, 0.29) is 23.7 Å². The predicted octanol–water partition coefficient (Wildman–Crippen LogP) is 2.97. The molecule has 6 nitrogen and oxygen atoms in total. The van der Waals surface area contributed by atoms with Gasteiger partial charge in [0.25, 0.3) is 5.91 Å². The van der Waals surface area contributed by atoms with Crippen LogP contribution in [-0.4, -0.2) is 21.2 Å². The van der Waals surface area contributed by atoms with Crippen molar-refractivity contribution in [2.75, 3.05) is 0 Å². The van der Waals surface area contributed by atoms with Crippen molar-refractivity contribution in [3.63, 3.8) is 0 Å². The number of ketones is 1. The molecule has 2 aromatic heterocycles. The third kappa shape index (κ3) is 2.77. The number of nitrogens with zero attached hydrogens (tertiary/aromatic N) is 2. The fourth-order valence-corrected chi connectivity index (χ4v) is 3.30. The fourth-order valence-electron chi connectivity index (χ4n) is 3.30. The Labute approximate surface area is 141 Å². The average Bonchev–Trinajstić information content (AvgIpc) is 3.08. The first-order valence-corrected chi connectivity index (χ1v) is 8.33. The molecule has 0 saturated carbocycles. The molecule has 1 aliphatic rings. The lowest BCUT2D eigenvalue weighted by Gasteiger charge is -2.22. The van der Waals surface area contributed by atoms with Crippen molar-refractivity contribution in [2.24, 2.45) is 13.0 Å². The number of carbonyl (C=O) groups excluding carboxylic acids is 2. The smallest absolute Gasteiger partial charge is 0.256 e. The summed E-state index contributed by atoms with van der Waals surface area (Å²) in [6.45, 7) is 5.80. The fraction of sp³-hybridized carbons (Fsp3) is 0.500. The average molecular weight is 329 g/mol. The molecule has 128 valence electrons. The van der Waals surface area contributed by atoms with Gasteiger partial charge in [0, 0.05) is 32.3 Å². The topological polar surface area (TPSA) is 77.1 Å². The molecule has 2 aromatic rings. The Hall–Kier alpha value is -2.37. The Morgan fingerprint density at radius 2 is 2.12 bits per heavy atom. The molecule has 2 heterocycles. The monoisotopic (exact) mass is 329 g/mol. The molecule has 0 fully saturated rings. The number of rotatable bonds is 4. The zero-order valence-corrected chi connectivity index (χ0v) is 14.5. The van der Waals surface area contributed by atoms with Gasteiger partial charge in [-0.25, -0.2) is 4.98 Å². The van der Waals surface area contributed by atoms with Gasteiger partial charge in [-0.15, -0.1) is 0 Å². The van der Waals surface area contributed by atoms with E-state index >= 15 is 0 Å². The van der Waals surface area contributed by atoms with Crippen molar-refractivity contribution in [2.45, 2.75) is 46.1 Å². The number of hydrogen-bond donors (Lipinski definition) is 1.